The minimum Gasteiger partial charge on any atom is -0.490 e. The number of nitrogens with zero attached hydrogens (tertiary/aromatic N) is 2. The van der Waals surface area contributed by atoms with Gasteiger partial charge in [0.25, 0.3) is 5.91 Å². The van der Waals surface area contributed by atoms with Crippen LogP contribution in [0.1, 0.15) is 48.0 Å². The number of rotatable bonds is 5. The third-order valence-corrected chi connectivity index (χ3v) is 4.73. The molecule has 1 amide bonds. The van der Waals surface area contributed by atoms with Crippen LogP contribution in [0.15, 0.2) is 24.3 Å². The molecule has 0 aliphatic carbocycles. The molecular formula is C17H21N3O3S. The molecule has 6 nitrogen and oxygen atoms in total. The van der Waals surface area contributed by atoms with Crippen LogP contribution in [-0.2, 0) is 4.74 Å². The molecule has 2 heterocycles. The van der Waals surface area contributed by atoms with E-state index < -0.39 is 0 Å². The molecule has 0 atom stereocenters. The third-order valence-electron chi connectivity index (χ3n) is 3.73. The Morgan fingerprint density at radius 2 is 2.04 bits per heavy atom. The summed E-state index contributed by atoms with van der Waals surface area (Å²) >= 11 is 1.43. The summed E-state index contributed by atoms with van der Waals surface area (Å²) in [4.78, 5) is 12.5. The molecular weight excluding hydrogens is 326 g/mol. The molecule has 0 radical (unpaired) electrons. The van der Waals surface area contributed by atoms with Crippen LogP contribution in [0.25, 0.3) is 0 Å². The van der Waals surface area contributed by atoms with E-state index in [2.05, 4.69) is 15.5 Å². The van der Waals surface area contributed by atoms with Crippen molar-refractivity contribution in [3.8, 4) is 5.75 Å². The van der Waals surface area contributed by atoms with Crippen molar-refractivity contribution in [3.63, 3.8) is 0 Å². The van der Waals surface area contributed by atoms with E-state index in [0.29, 0.717) is 22.4 Å². The van der Waals surface area contributed by atoms with Gasteiger partial charge in [-0.05, 0) is 38.8 Å². The second kappa shape index (κ2) is 7.72. The first-order valence-corrected chi connectivity index (χ1v) is 8.93. The largest absolute Gasteiger partial charge is 0.490 e. The van der Waals surface area contributed by atoms with Gasteiger partial charge in [0.05, 0.1) is 11.7 Å². The Bertz CT molecular complexity index is 696. The van der Waals surface area contributed by atoms with Crippen LogP contribution in [0, 0.1) is 0 Å². The molecule has 0 bridgehead atoms. The Balaban J connectivity index is 1.70. The molecule has 1 saturated heterocycles. The molecule has 3 rings (SSSR count). The van der Waals surface area contributed by atoms with Crippen molar-refractivity contribution >= 4 is 22.4 Å². The zero-order valence-corrected chi connectivity index (χ0v) is 14.6. The van der Waals surface area contributed by atoms with Crippen LogP contribution in [0.5, 0.6) is 5.75 Å². The van der Waals surface area contributed by atoms with Crippen LogP contribution in [-0.4, -0.2) is 35.4 Å². The predicted molar refractivity (Wildman–Crippen MR) is 92.9 cm³/mol. The van der Waals surface area contributed by atoms with Crippen LogP contribution in [0.2, 0.25) is 0 Å². The number of carbonyl (C=O) groups excluding carboxylic acids is 1. The molecule has 1 aromatic carbocycles. The monoisotopic (exact) mass is 347 g/mol. The topological polar surface area (TPSA) is 73.3 Å². The number of hydrogen-bond donors (Lipinski definition) is 1. The minimum atomic E-state index is -0.235. The average molecular weight is 347 g/mol. The van der Waals surface area contributed by atoms with Crippen molar-refractivity contribution in [2.45, 2.75) is 38.7 Å². The number of benzene rings is 1. The molecule has 24 heavy (non-hydrogen) atoms. The summed E-state index contributed by atoms with van der Waals surface area (Å²) in [6, 6.07) is 7.20. The molecule has 0 saturated carbocycles. The Labute approximate surface area is 145 Å². The Kier molecular flexibility index (Phi) is 5.42. The summed E-state index contributed by atoms with van der Waals surface area (Å²) in [7, 11) is 0. The molecule has 2 aromatic rings. The van der Waals surface area contributed by atoms with Crippen molar-refractivity contribution in [1.82, 2.24) is 10.2 Å². The van der Waals surface area contributed by atoms with Crippen LogP contribution < -0.4 is 10.1 Å². The van der Waals surface area contributed by atoms with E-state index in [4.69, 9.17) is 9.47 Å². The Morgan fingerprint density at radius 3 is 2.79 bits per heavy atom. The Hall–Kier alpha value is -1.99. The number of anilines is 1. The highest BCUT2D eigenvalue weighted by Crippen LogP contribution is 2.31. The molecule has 0 unspecified atom stereocenters. The van der Waals surface area contributed by atoms with Crippen molar-refractivity contribution < 1.29 is 14.3 Å². The number of nitrogens with one attached hydrogen (secondary N) is 1. The molecule has 7 heteroatoms. The average Bonchev–Trinajstić information content (AvgIpc) is 3.04. The van der Waals surface area contributed by atoms with Gasteiger partial charge in [-0.15, -0.1) is 10.2 Å². The van der Waals surface area contributed by atoms with Gasteiger partial charge in [0.1, 0.15) is 10.8 Å². The lowest BCUT2D eigenvalue weighted by Gasteiger charge is -2.18. The molecule has 1 fully saturated rings. The van der Waals surface area contributed by atoms with E-state index in [9.17, 15) is 4.79 Å². The van der Waals surface area contributed by atoms with Gasteiger partial charge in [-0.2, -0.15) is 0 Å². The molecule has 1 aromatic heterocycles. The summed E-state index contributed by atoms with van der Waals surface area (Å²) in [6.45, 7) is 5.37. The lowest BCUT2D eigenvalue weighted by molar-refractivity contribution is 0.0851. The van der Waals surface area contributed by atoms with Gasteiger partial charge >= 0.3 is 0 Å². The third kappa shape index (κ3) is 4.10. The number of amides is 1. The lowest BCUT2D eigenvalue weighted by atomic mass is 10.0. The maximum absolute atomic E-state index is 12.5. The smallest absolute Gasteiger partial charge is 0.261 e. The van der Waals surface area contributed by atoms with Gasteiger partial charge in [0.2, 0.25) is 5.13 Å². The van der Waals surface area contributed by atoms with Gasteiger partial charge in [-0.3, -0.25) is 10.1 Å². The van der Waals surface area contributed by atoms with Gasteiger partial charge in [0, 0.05) is 19.1 Å². The zero-order chi connectivity index (χ0) is 16.9. The fourth-order valence-corrected chi connectivity index (χ4v) is 3.48. The summed E-state index contributed by atoms with van der Waals surface area (Å²) < 4.78 is 11.1. The standard InChI is InChI=1S/C17H21N3O3S/c1-11(2)23-14-6-4-3-5-13(14)15(21)18-17-20-19-16(24-17)12-7-9-22-10-8-12/h3-6,11-12H,7-10H2,1-2H3,(H,18,20,21). The first kappa shape index (κ1) is 16.9. The first-order valence-electron chi connectivity index (χ1n) is 8.11. The number of aromatic nitrogens is 2. The van der Waals surface area contributed by atoms with E-state index in [0.717, 1.165) is 31.1 Å². The first-order chi connectivity index (χ1) is 11.6. The molecule has 1 aliphatic heterocycles. The SMILES string of the molecule is CC(C)Oc1ccccc1C(=O)Nc1nnc(C2CCOCC2)s1. The van der Waals surface area contributed by atoms with Crippen molar-refractivity contribution in [2.75, 3.05) is 18.5 Å². The number of carbonyl (C=O) groups is 1. The zero-order valence-electron chi connectivity index (χ0n) is 13.8. The number of para-hydroxylation sites is 1. The van der Waals surface area contributed by atoms with Crippen molar-refractivity contribution in [3.05, 3.63) is 34.8 Å². The van der Waals surface area contributed by atoms with E-state index >= 15 is 0 Å². The van der Waals surface area contributed by atoms with Gasteiger partial charge in [-0.25, -0.2) is 0 Å². The highest BCUT2D eigenvalue weighted by atomic mass is 32.1. The van der Waals surface area contributed by atoms with E-state index in [1.54, 1.807) is 12.1 Å². The molecule has 0 spiro atoms. The quantitative estimate of drug-likeness (QED) is 0.896. The highest BCUT2D eigenvalue weighted by Gasteiger charge is 2.21. The summed E-state index contributed by atoms with van der Waals surface area (Å²) in [5, 5.41) is 12.6. The number of hydrogen-bond acceptors (Lipinski definition) is 6. The van der Waals surface area contributed by atoms with Gasteiger partial charge in [0.15, 0.2) is 0 Å². The maximum Gasteiger partial charge on any atom is 0.261 e. The van der Waals surface area contributed by atoms with Gasteiger partial charge in [-0.1, -0.05) is 23.5 Å². The van der Waals surface area contributed by atoms with Gasteiger partial charge < -0.3 is 9.47 Å². The second-order valence-electron chi connectivity index (χ2n) is 5.95. The number of ether oxygens (including phenoxy) is 2. The van der Waals surface area contributed by atoms with Crippen LogP contribution in [0.4, 0.5) is 5.13 Å². The van der Waals surface area contributed by atoms with E-state index in [1.165, 1.54) is 11.3 Å². The van der Waals surface area contributed by atoms with Crippen LogP contribution in [0.3, 0.4) is 0 Å². The van der Waals surface area contributed by atoms with E-state index in [1.807, 2.05) is 26.0 Å². The normalized spacial score (nSPS) is 15.5. The van der Waals surface area contributed by atoms with Crippen molar-refractivity contribution in [1.29, 1.82) is 0 Å². The summed E-state index contributed by atoms with van der Waals surface area (Å²) in [5.74, 6) is 0.707. The lowest BCUT2D eigenvalue weighted by Crippen LogP contribution is -2.15. The molecule has 1 aliphatic rings. The Morgan fingerprint density at radius 1 is 1.29 bits per heavy atom. The summed E-state index contributed by atoms with van der Waals surface area (Å²) in [6.07, 6.45) is 1.90. The minimum absolute atomic E-state index is 0.000558. The second-order valence-corrected chi connectivity index (χ2v) is 6.96. The van der Waals surface area contributed by atoms with Crippen molar-refractivity contribution in [2.24, 2.45) is 0 Å². The molecule has 128 valence electrons. The molecule has 1 N–H and O–H groups in total. The maximum atomic E-state index is 12.5. The van der Waals surface area contributed by atoms with E-state index in [-0.39, 0.29) is 12.0 Å². The van der Waals surface area contributed by atoms with Crippen LogP contribution >= 0.6 is 11.3 Å². The predicted octanol–water partition coefficient (Wildman–Crippen LogP) is 3.47. The highest BCUT2D eigenvalue weighted by molar-refractivity contribution is 7.15. The fraction of sp³-hybridized carbons (Fsp3) is 0.471. The summed E-state index contributed by atoms with van der Waals surface area (Å²) in [5.41, 5.74) is 0.494. The fourth-order valence-electron chi connectivity index (χ4n) is 2.57.